The highest BCUT2D eigenvalue weighted by Gasteiger charge is 2.13. The Labute approximate surface area is 82.7 Å². The zero-order chi connectivity index (χ0) is 9.61. The standard InChI is InChI=1S/C10H23NS/c1-5-7-9(6-2)11-8-10(3,4)12/h9,11-12H,5-8H2,1-4H3. The van der Waals surface area contributed by atoms with E-state index in [0.717, 1.165) is 6.54 Å². The van der Waals surface area contributed by atoms with Gasteiger partial charge in [-0.3, -0.25) is 0 Å². The number of hydrogen-bond donors (Lipinski definition) is 2. The normalized spacial score (nSPS) is 14.8. The highest BCUT2D eigenvalue weighted by Crippen LogP contribution is 2.11. The maximum absolute atomic E-state index is 4.47. The molecule has 0 heterocycles. The molecule has 0 fully saturated rings. The zero-order valence-corrected chi connectivity index (χ0v) is 9.75. The molecule has 0 aliphatic carbocycles. The van der Waals surface area contributed by atoms with Crippen molar-refractivity contribution in [1.29, 1.82) is 0 Å². The van der Waals surface area contributed by atoms with Crippen LogP contribution in [0.15, 0.2) is 0 Å². The van der Waals surface area contributed by atoms with Gasteiger partial charge in [-0.05, 0) is 26.7 Å². The van der Waals surface area contributed by atoms with Gasteiger partial charge in [0.1, 0.15) is 0 Å². The van der Waals surface area contributed by atoms with Gasteiger partial charge in [-0.2, -0.15) is 12.6 Å². The van der Waals surface area contributed by atoms with E-state index >= 15 is 0 Å². The second kappa shape index (κ2) is 5.87. The molecule has 0 saturated heterocycles. The first-order chi connectivity index (χ1) is 5.49. The lowest BCUT2D eigenvalue weighted by molar-refractivity contribution is 0.443. The predicted molar refractivity (Wildman–Crippen MR) is 60.1 cm³/mol. The molecule has 0 aromatic carbocycles. The number of rotatable bonds is 6. The average Bonchev–Trinajstić information content (AvgIpc) is 1.96. The van der Waals surface area contributed by atoms with Gasteiger partial charge in [0, 0.05) is 17.3 Å². The summed E-state index contributed by atoms with van der Waals surface area (Å²) in [5.74, 6) is 0. The molecule has 1 atom stereocenters. The van der Waals surface area contributed by atoms with E-state index in [2.05, 4.69) is 45.6 Å². The minimum atomic E-state index is 0.112. The Kier molecular flexibility index (Phi) is 6.02. The molecule has 0 aliphatic heterocycles. The van der Waals surface area contributed by atoms with Gasteiger partial charge in [-0.1, -0.05) is 20.3 Å². The summed E-state index contributed by atoms with van der Waals surface area (Å²) < 4.78 is 0.112. The molecule has 12 heavy (non-hydrogen) atoms. The van der Waals surface area contributed by atoms with Gasteiger partial charge < -0.3 is 5.32 Å². The quantitative estimate of drug-likeness (QED) is 0.612. The fourth-order valence-electron chi connectivity index (χ4n) is 1.19. The van der Waals surface area contributed by atoms with Crippen LogP contribution in [0.5, 0.6) is 0 Å². The minimum Gasteiger partial charge on any atom is -0.313 e. The molecule has 0 amide bonds. The second-order valence-electron chi connectivity index (χ2n) is 4.09. The second-order valence-corrected chi connectivity index (χ2v) is 5.30. The van der Waals surface area contributed by atoms with Crippen molar-refractivity contribution in [3.8, 4) is 0 Å². The zero-order valence-electron chi connectivity index (χ0n) is 8.85. The van der Waals surface area contributed by atoms with E-state index < -0.39 is 0 Å². The van der Waals surface area contributed by atoms with Crippen LogP contribution in [0.1, 0.15) is 47.0 Å². The molecule has 0 bridgehead atoms. The first-order valence-electron chi connectivity index (χ1n) is 4.95. The van der Waals surface area contributed by atoms with Crippen molar-refractivity contribution in [2.24, 2.45) is 0 Å². The fraction of sp³-hybridized carbons (Fsp3) is 1.00. The van der Waals surface area contributed by atoms with Crippen molar-refractivity contribution >= 4 is 12.6 Å². The SMILES string of the molecule is CCCC(CC)NCC(C)(C)S. The van der Waals surface area contributed by atoms with E-state index in [0.29, 0.717) is 6.04 Å². The van der Waals surface area contributed by atoms with Crippen LogP contribution in [0, 0.1) is 0 Å². The molecule has 0 rings (SSSR count). The first kappa shape index (κ1) is 12.3. The van der Waals surface area contributed by atoms with Crippen molar-refractivity contribution in [2.45, 2.75) is 57.7 Å². The van der Waals surface area contributed by atoms with Crippen molar-refractivity contribution in [3.63, 3.8) is 0 Å². The predicted octanol–water partition coefficient (Wildman–Crippen LogP) is 2.86. The van der Waals surface area contributed by atoms with E-state index in [1.165, 1.54) is 19.3 Å². The summed E-state index contributed by atoms with van der Waals surface area (Å²) in [6.45, 7) is 9.74. The van der Waals surface area contributed by atoms with Gasteiger partial charge in [0.2, 0.25) is 0 Å². The molecule has 0 aromatic rings. The van der Waals surface area contributed by atoms with Gasteiger partial charge in [0.15, 0.2) is 0 Å². The topological polar surface area (TPSA) is 12.0 Å². The smallest absolute Gasteiger partial charge is 0.0198 e. The lowest BCUT2D eigenvalue weighted by Crippen LogP contribution is -2.37. The lowest BCUT2D eigenvalue weighted by Gasteiger charge is -2.23. The summed E-state index contributed by atoms with van der Waals surface area (Å²) in [7, 11) is 0. The van der Waals surface area contributed by atoms with Gasteiger partial charge in [-0.25, -0.2) is 0 Å². The van der Waals surface area contributed by atoms with Crippen LogP contribution >= 0.6 is 12.6 Å². The molecular formula is C10H23NS. The Hall–Kier alpha value is 0.310. The summed E-state index contributed by atoms with van der Waals surface area (Å²) >= 11 is 4.47. The molecule has 1 nitrogen and oxygen atoms in total. The maximum atomic E-state index is 4.47. The maximum Gasteiger partial charge on any atom is 0.0198 e. The van der Waals surface area contributed by atoms with Crippen molar-refractivity contribution in [3.05, 3.63) is 0 Å². The summed E-state index contributed by atoms with van der Waals surface area (Å²) in [4.78, 5) is 0. The summed E-state index contributed by atoms with van der Waals surface area (Å²) in [6, 6.07) is 0.682. The highest BCUT2D eigenvalue weighted by atomic mass is 32.1. The van der Waals surface area contributed by atoms with Crippen LogP contribution in [-0.2, 0) is 0 Å². The van der Waals surface area contributed by atoms with Gasteiger partial charge >= 0.3 is 0 Å². The van der Waals surface area contributed by atoms with Gasteiger partial charge in [-0.15, -0.1) is 0 Å². The van der Waals surface area contributed by atoms with Gasteiger partial charge in [0.05, 0.1) is 0 Å². The highest BCUT2D eigenvalue weighted by molar-refractivity contribution is 7.81. The van der Waals surface area contributed by atoms with E-state index in [1.54, 1.807) is 0 Å². The molecule has 0 aromatic heterocycles. The van der Waals surface area contributed by atoms with Crippen LogP contribution < -0.4 is 5.32 Å². The minimum absolute atomic E-state index is 0.112. The molecule has 74 valence electrons. The van der Waals surface area contributed by atoms with Crippen LogP contribution in [0.3, 0.4) is 0 Å². The third-order valence-corrected chi connectivity index (χ3v) is 2.11. The van der Waals surface area contributed by atoms with Crippen molar-refractivity contribution in [1.82, 2.24) is 5.32 Å². The summed E-state index contributed by atoms with van der Waals surface area (Å²) in [5, 5.41) is 3.53. The Balaban J connectivity index is 3.58. The average molecular weight is 189 g/mol. The monoisotopic (exact) mass is 189 g/mol. The van der Waals surface area contributed by atoms with Crippen molar-refractivity contribution < 1.29 is 0 Å². The van der Waals surface area contributed by atoms with E-state index in [9.17, 15) is 0 Å². The third-order valence-electron chi connectivity index (χ3n) is 1.95. The molecule has 0 saturated carbocycles. The number of thiol groups is 1. The molecule has 2 heteroatoms. The largest absolute Gasteiger partial charge is 0.313 e. The first-order valence-corrected chi connectivity index (χ1v) is 5.40. The van der Waals surface area contributed by atoms with Crippen LogP contribution in [-0.4, -0.2) is 17.3 Å². The Morgan fingerprint density at radius 2 is 1.92 bits per heavy atom. The summed E-state index contributed by atoms with van der Waals surface area (Å²) in [5.41, 5.74) is 0. The third kappa shape index (κ3) is 6.99. The number of nitrogens with one attached hydrogen (secondary N) is 1. The molecular weight excluding hydrogens is 166 g/mol. The molecule has 0 radical (unpaired) electrons. The van der Waals surface area contributed by atoms with Crippen LogP contribution in [0.4, 0.5) is 0 Å². The molecule has 0 aliphatic rings. The Bertz CT molecular complexity index is 107. The van der Waals surface area contributed by atoms with E-state index in [4.69, 9.17) is 0 Å². The number of hydrogen-bond acceptors (Lipinski definition) is 2. The van der Waals surface area contributed by atoms with E-state index in [1.807, 2.05) is 0 Å². The lowest BCUT2D eigenvalue weighted by atomic mass is 10.1. The molecule has 1 N–H and O–H groups in total. The molecule has 1 unspecified atom stereocenters. The van der Waals surface area contributed by atoms with Gasteiger partial charge in [0.25, 0.3) is 0 Å². The van der Waals surface area contributed by atoms with E-state index in [-0.39, 0.29) is 4.75 Å². The van der Waals surface area contributed by atoms with Crippen LogP contribution in [0.2, 0.25) is 0 Å². The van der Waals surface area contributed by atoms with Crippen LogP contribution in [0.25, 0.3) is 0 Å². The van der Waals surface area contributed by atoms with Crippen molar-refractivity contribution in [2.75, 3.05) is 6.54 Å². The Morgan fingerprint density at radius 3 is 2.25 bits per heavy atom. The Morgan fingerprint density at radius 1 is 1.33 bits per heavy atom. The fourth-order valence-corrected chi connectivity index (χ4v) is 1.28. The molecule has 0 spiro atoms. The summed E-state index contributed by atoms with van der Waals surface area (Å²) in [6.07, 6.45) is 3.76.